The Bertz CT molecular complexity index is 1470. The van der Waals surface area contributed by atoms with Crippen molar-refractivity contribution < 1.29 is 9.72 Å². The maximum Gasteiger partial charge on any atom is 0.275 e. The molecule has 5 rings (SSSR count). The molecule has 0 fully saturated rings. The molecule has 1 aliphatic heterocycles. The van der Waals surface area contributed by atoms with Crippen molar-refractivity contribution in [2.45, 2.75) is 13.0 Å². The first-order valence-electron chi connectivity index (χ1n) is 10.6. The summed E-state index contributed by atoms with van der Waals surface area (Å²) in [6.07, 6.45) is 3.11. The quantitative estimate of drug-likeness (QED) is 0.305. The van der Waals surface area contributed by atoms with Gasteiger partial charge in [-0.15, -0.1) is 5.10 Å². The highest BCUT2D eigenvalue weighted by molar-refractivity contribution is 6.30. The molecule has 2 aromatic heterocycles. The van der Waals surface area contributed by atoms with Gasteiger partial charge in [-0.05, 0) is 49.4 Å². The Balaban J connectivity index is 1.66. The van der Waals surface area contributed by atoms with Gasteiger partial charge in [0, 0.05) is 28.5 Å². The smallest absolute Gasteiger partial charge is 0.275 e. The number of hydrogen-bond acceptors (Lipinski definition) is 7. The number of aromatic nitrogens is 4. The average Bonchev–Trinajstić information content (AvgIpc) is 3.27. The largest absolute Gasteiger partial charge is 0.328 e. The van der Waals surface area contributed by atoms with Gasteiger partial charge < -0.3 is 10.6 Å². The molecule has 174 valence electrons. The highest BCUT2D eigenvalue weighted by atomic mass is 35.5. The monoisotopic (exact) mass is 487 g/mol. The minimum absolute atomic E-state index is 0.131. The number of nitrogens with one attached hydrogen (secondary N) is 2. The maximum atomic E-state index is 13.5. The molecule has 10 nitrogen and oxygen atoms in total. The molecule has 1 aliphatic rings. The van der Waals surface area contributed by atoms with Crippen molar-refractivity contribution in [3.63, 3.8) is 0 Å². The van der Waals surface area contributed by atoms with E-state index in [1.165, 1.54) is 16.9 Å². The molecule has 1 amide bonds. The summed E-state index contributed by atoms with van der Waals surface area (Å²) in [5.74, 6) is 0.295. The van der Waals surface area contributed by atoms with Gasteiger partial charge in [0.25, 0.3) is 11.6 Å². The summed E-state index contributed by atoms with van der Waals surface area (Å²) >= 11 is 6.01. The predicted octanol–water partition coefficient (Wildman–Crippen LogP) is 4.83. The Morgan fingerprint density at radius 3 is 2.63 bits per heavy atom. The van der Waals surface area contributed by atoms with Crippen molar-refractivity contribution in [1.29, 1.82) is 0 Å². The first-order valence-corrected chi connectivity index (χ1v) is 10.9. The van der Waals surface area contributed by atoms with Crippen molar-refractivity contribution in [3.05, 3.63) is 105 Å². The van der Waals surface area contributed by atoms with Crippen molar-refractivity contribution in [2.24, 2.45) is 0 Å². The molecular weight excluding hydrogens is 470 g/mol. The summed E-state index contributed by atoms with van der Waals surface area (Å²) in [4.78, 5) is 33.5. The van der Waals surface area contributed by atoms with Gasteiger partial charge in [0.15, 0.2) is 5.82 Å². The molecule has 35 heavy (non-hydrogen) atoms. The molecule has 0 aliphatic carbocycles. The fourth-order valence-corrected chi connectivity index (χ4v) is 4.10. The number of rotatable bonds is 5. The molecule has 0 spiro atoms. The number of carbonyl (C=O) groups excluding carboxylic acids is 1. The van der Waals surface area contributed by atoms with Crippen LogP contribution in [-0.2, 0) is 4.79 Å². The van der Waals surface area contributed by atoms with E-state index in [4.69, 9.17) is 11.6 Å². The minimum atomic E-state index is -0.905. The highest BCUT2D eigenvalue weighted by Crippen LogP contribution is 2.40. The second-order valence-electron chi connectivity index (χ2n) is 7.79. The number of nitro groups is 1. The first-order chi connectivity index (χ1) is 16.9. The topological polar surface area (TPSA) is 128 Å². The lowest BCUT2D eigenvalue weighted by Crippen LogP contribution is -2.32. The second-order valence-corrected chi connectivity index (χ2v) is 8.22. The number of benzene rings is 2. The lowest BCUT2D eigenvalue weighted by atomic mass is 9.93. The number of fused-ring (bicyclic) bond motifs is 1. The standard InChI is InChI=1S/C24H18ClN7O3/c1-14-20(23(33)28-17-5-4-12-26-13-17)21(18-6-2-3-7-19(18)32(34)35)31-24(27-14)29-22(30-31)15-8-10-16(25)11-9-15/h2-13,21H,1H3,(H,28,33)(H,27,29,30). The fraction of sp³-hybridized carbons (Fsp3) is 0.0833. The van der Waals surface area contributed by atoms with Gasteiger partial charge in [0.1, 0.15) is 6.04 Å². The van der Waals surface area contributed by atoms with E-state index >= 15 is 0 Å². The Labute approximate surface area is 204 Å². The number of para-hydroxylation sites is 1. The van der Waals surface area contributed by atoms with Crippen molar-refractivity contribution >= 4 is 34.8 Å². The second kappa shape index (κ2) is 8.99. The van der Waals surface area contributed by atoms with E-state index in [9.17, 15) is 14.9 Å². The number of allylic oxidation sites excluding steroid dienone is 1. The third-order valence-electron chi connectivity index (χ3n) is 5.55. The molecule has 3 heterocycles. The molecule has 1 unspecified atom stereocenters. The number of nitrogens with zero attached hydrogens (tertiary/aromatic N) is 5. The van der Waals surface area contributed by atoms with Crippen LogP contribution in [0.25, 0.3) is 11.4 Å². The SMILES string of the molecule is CC1=C(C(=O)Nc2cccnc2)C(c2ccccc2[N+](=O)[O-])n2nc(-c3ccc(Cl)cc3)nc2N1. The van der Waals surface area contributed by atoms with E-state index in [1.807, 2.05) is 0 Å². The number of carbonyl (C=O) groups is 1. The van der Waals surface area contributed by atoms with E-state index in [2.05, 4.69) is 25.7 Å². The van der Waals surface area contributed by atoms with E-state index < -0.39 is 16.9 Å². The van der Waals surface area contributed by atoms with Crippen LogP contribution in [0.3, 0.4) is 0 Å². The third kappa shape index (κ3) is 4.22. The molecule has 0 saturated carbocycles. The summed E-state index contributed by atoms with van der Waals surface area (Å²) in [5.41, 5.74) is 2.14. The van der Waals surface area contributed by atoms with E-state index in [0.29, 0.717) is 39.3 Å². The zero-order chi connectivity index (χ0) is 24.5. The molecule has 0 radical (unpaired) electrons. The summed E-state index contributed by atoms with van der Waals surface area (Å²) < 4.78 is 1.50. The third-order valence-corrected chi connectivity index (χ3v) is 5.80. The van der Waals surface area contributed by atoms with Gasteiger partial charge in [-0.1, -0.05) is 23.7 Å². The van der Waals surface area contributed by atoms with Crippen LogP contribution >= 0.6 is 11.6 Å². The Hall–Kier alpha value is -4.57. The van der Waals surface area contributed by atoms with Crippen LogP contribution in [0.15, 0.2) is 84.3 Å². The lowest BCUT2D eigenvalue weighted by Gasteiger charge is -2.28. The molecule has 2 aromatic carbocycles. The van der Waals surface area contributed by atoms with E-state index in [-0.39, 0.29) is 11.3 Å². The van der Waals surface area contributed by atoms with Crippen molar-refractivity contribution in [2.75, 3.05) is 10.6 Å². The van der Waals surface area contributed by atoms with Gasteiger partial charge in [-0.3, -0.25) is 19.9 Å². The average molecular weight is 488 g/mol. The molecule has 0 saturated heterocycles. The Kier molecular flexibility index (Phi) is 5.71. The zero-order valence-corrected chi connectivity index (χ0v) is 19.1. The minimum Gasteiger partial charge on any atom is -0.328 e. The normalized spacial score (nSPS) is 14.7. The first kappa shape index (κ1) is 22.2. The lowest BCUT2D eigenvalue weighted by molar-refractivity contribution is -0.385. The summed E-state index contributed by atoms with van der Waals surface area (Å²) in [6.45, 7) is 1.72. The van der Waals surface area contributed by atoms with E-state index in [1.54, 1.807) is 67.7 Å². The molecule has 1 atom stereocenters. The number of amides is 1. The van der Waals surface area contributed by atoms with Gasteiger partial charge >= 0.3 is 0 Å². The summed E-state index contributed by atoms with van der Waals surface area (Å²) in [6, 6.07) is 15.8. The fourth-order valence-electron chi connectivity index (χ4n) is 3.97. The van der Waals surface area contributed by atoms with Crippen LogP contribution in [-0.4, -0.2) is 30.6 Å². The van der Waals surface area contributed by atoms with Crippen LogP contribution in [0.1, 0.15) is 18.5 Å². The predicted molar refractivity (Wildman–Crippen MR) is 131 cm³/mol. The van der Waals surface area contributed by atoms with Crippen LogP contribution in [0, 0.1) is 10.1 Å². The molecular formula is C24H18ClN7O3. The molecule has 0 bridgehead atoms. The Morgan fingerprint density at radius 1 is 1.14 bits per heavy atom. The Morgan fingerprint density at radius 2 is 1.91 bits per heavy atom. The molecule has 11 heteroatoms. The van der Waals surface area contributed by atoms with E-state index in [0.717, 1.165) is 0 Å². The van der Waals surface area contributed by atoms with Crippen LogP contribution in [0.4, 0.5) is 17.3 Å². The van der Waals surface area contributed by atoms with Crippen LogP contribution in [0.5, 0.6) is 0 Å². The molecule has 2 N–H and O–H groups in total. The van der Waals surface area contributed by atoms with Crippen molar-refractivity contribution in [3.8, 4) is 11.4 Å². The number of anilines is 2. The summed E-state index contributed by atoms with van der Waals surface area (Å²) in [5, 5.41) is 23.0. The molecule has 4 aromatic rings. The van der Waals surface area contributed by atoms with Gasteiger partial charge in [-0.25, -0.2) is 4.68 Å². The van der Waals surface area contributed by atoms with Crippen LogP contribution in [0.2, 0.25) is 5.02 Å². The number of halogens is 1. The number of nitro benzene ring substituents is 1. The number of pyridine rings is 1. The van der Waals surface area contributed by atoms with Gasteiger partial charge in [-0.2, -0.15) is 4.98 Å². The summed E-state index contributed by atoms with van der Waals surface area (Å²) in [7, 11) is 0. The number of hydrogen-bond donors (Lipinski definition) is 2. The van der Waals surface area contributed by atoms with Crippen molar-refractivity contribution in [1.82, 2.24) is 19.7 Å². The van der Waals surface area contributed by atoms with Gasteiger partial charge in [0.2, 0.25) is 5.95 Å². The highest BCUT2D eigenvalue weighted by Gasteiger charge is 2.37. The van der Waals surface area contributed by atoms with Crippen LogP contribution < -0.4 is 10.6 Å². The maximum absolute atomic E-state index is 13.5. The van der Waals surface area contributed by atoms with Gasteiger partial charge in [0.05, 0.1) is 27.9 Å². The zero-order valence-electron chi connectivity index (χ0n) is 18.3.